The van der Waals surface area contributed by atoms with Crippen LogP contribution in [0.1, 0.15) is 41.0 Å². The Morgan fingerprint density at radius 2 is 1.92 bits per heavy atom. The average Bonchev–Trinajstić information content (AvgIpc) is 2.06. The van der Waals surface area contributed by atoms with Gasteiger partial charge in [-0.25, -0.2) is 0 Å². The molecular weight excluding hydrogens is 160 g/mol. The van der Waals surface area contributed by atoms with Gasteiger partial charge in [-0.2, -0.15) is 5.26 Å². The fourth-order valence-electron chi connectivity index (χ4n) is 0.872. The maximum absolute atomic E-state index is 8.75. The van der Waals surface area contributed by atoms with Crippen molar-refractivity contribution in [1.29, 1.82) is 5.26 Å². The first-order valence-electron chi connectivity index (χ1n) is 5.07. The highest BCUT2D eigenvalue weighted by Crippen LogP contribution is 2.24. The lowest BCUT2D eigenvalue weighted by Gasteiger charge is -2.30. The minimum atomic E-state index is 0.0121. The van der Waals surface area contributed by atoms with Crippen molar-refractivity contribution in [1.82, 2.24) is 5.32 Å². The van der Waals surface area contributed by atoms with Crippen LogP contribution in [0.3, 0.4) is 0 Å². The van der Waals surface area contributed by atoms with Gasteiger partial charge in [-0.1, -0.05) is 34.6 Å². The van der Waals surface area contributed by atoms with Crippen molar-refractivity contribution in [2.24, 2.45) is 11.3 Å². The normalized spacial score (nSPS) is 14.2. The summed E-state index contributed by atoms with van der Waals surface area (Å²) in [5, 5.41) is 12.0. The van der Waals surface area contributed by atoms with Gasteiger partial charge in [-0.3, -0.25) is 0 Å². The first-order valence-corrected chi connectivity index (χ1v) is 5.07. The lowest BCUT2D eigenvalue weighted by Crippen LogP contribution is -2.38. The third-order valence-corrected chi connectivity index (χ3v) is 2.93. The molecule has 1 N–H and O–H groups in total. The van der Waals surface area contributed by atoms with Crippen LogP contribution in [-0.4, -0.2) is 12.6 Å². The van der Waals surface area contributed by atoms with Crippen LogP contribution in [-0.2, 0) is 0 Å². The molecule has 76 valence electrons. The van der Waals surface area contributed by atoms with Gasteiger partial charge in [0.2, 0.25) is 0 Å². The summed E-state index contributed by atoms with van der Waals surface area (Å²) in [7, 11) is 0. The molecule has 2 nitrogen and oxygen atoms in total. The zero-order chi connectivity index (χ0) is 10.5. The predicted octanol–water partition coefficient (Wildman–Crippen LogP) is 2.56. The highest BCUT2D eigenvalue weighted by Gasteiger charge is 2.22. The summed E-state index contributed by atoms with van der Waals surface area (Å²) >= 11 is 0. The Labute approximate surface area is 82.3 Å². The van der Waals surface area contributed by atoms with E-state index in [0.29, 0.717) is 5.92 Å². The van der Waals surface area contributed by atoms with Gasteiger partial charge in [0.05, 0.1) is 12.1 Å². The summed E-state index contributed by atoms with van der Waals surface area (Å²) in [5.41, 5.74) is 0.268. The Hall–Kier alpha value is -0.550. The SMILES string of the molecule is CCC(C#N)NCC(C)(C)C(C)C. The van der Waals surface area contributed by atoms with Crippen LogP contribution in [0, 0.1) is 22.7 Å². The minimum absolute atomic E-state index is 0.0121. The Morgan fingerprint density at radius 1 is 1.38 bits per heavy atom. The van der Waals surface area contributed by atoms with Gasteiger partial charge in [0, 0.05) is 6.54 Å². The summed E-state index contributed by atoms with van der Waals surface area (Å²) in [6.45, 7) is 11.8. The van der Waals surface area contributed by atoms with Crippen LogP contribution in [0.25, 0.3) is 0 Å². The van der Waals surface area contributed by atoms with Crippen molar-refractivity contribution in [2.75, 3.05) is 6.54 Å². The number of nitrogens with one attached hydrogen (secondary N) is 1. The number of nitriles is 1. The number of rotatable bonds is 5. The average molecular weight is 182 g/mol. The molecule has 0 bridgehead atoms. The van der Waals surface area contributed by atoms with E-state index in [9.17, 15) is 0 Å². The summed E-state index contributed by atoms with van der Waals surface area (Å²) in [6.07, 6.45) is 0.880. The maximum atomic E-state index is 8.75. The van der Waals surface area contributed by atoms with E-state index in [1.165, 1.54) is 0 Å². The van der Waals surface area contributed by atoms with Gasteiger partial charge in [0.25, 0.3) is 0 Å². The van der Waals surface area contributed by atoms with E-state index in [0.717, 1.165) is 13.0 Å². The molecule has 0 aromatic heterocycles. The van der Waals surface area contributed by atoms with Gasteiger partial charge in [0.15, 0.2) is 0 Å². The first-order chi connectivity index (χ1) is 5.94. The van der Waals surface area contributed by atoms with Gasteiger partial charge in [-0.15, -0.1) is 0 Å². The molecule has 1 unspecified atom stereocenters. The van der Waals surface area contributed by atoms with Gasteiger partial charge in [0.1, 0.15) is 0 Å². The van der Waals surface area contributed by atoms with E-state index in [2.05, 4.69) is 39.1 Å². The number of hydrogen-bond acceptors (Lipinski definition) is 2. The maximum Gasteiger partial charge on any atom is 0.0950 e. The second kappa shape index (κ2) is 5.24. The molecule has 0 saturated heterocycles. The van der Waals surface area contributed by atoms with Gasteiger partial charge >= 0.3 is 0 Å². The molecule has 0 aromatic rings. The van der Waals surface area contributed by atoms with Crippen molar-refractivity contribution in [3.05, 3.63) is 0 Å². The molecule has 1 atom stereocenters. The lowest BCUT2D eigenvalue weighted by molar-refractivity contribution is 0.233. The van der Waals surface area contributed by atoms with Crippen LogP contribution in [0.4, 0.5) is 0 Å². The van der Waals surface area contributed by atoms with Gasteiger partial charge < -0.3 is 5.32 Å². The zero-order valence-corrected chi connectivity index (χ0v) is 9.52. The van der Waals surface area contributed by atoms with Crippen molar-refractivity contribution < 1.29 is 0 Å². The molecule has 0 aliphatic rings. The molecule has 0 radical (unpaired) electrons. The standard InChI is InChI=1S/C11H22N2/c1-6-10(7-12)13-8-11(4,5)9(2)3/h9-10,13H,6,8H2,1-5H3. The molecule has 0 fully saturated rings. The Morgan fingerprint density at radius 3 is 2.23 bits per heavy atom. The quantitative estimate of drug-likeness (QED) is 0.709. The second-order valence-electron chi connectivity index (χ2n) is 4.61. The third-order valence-electron chi connectivity index (χ3n) is 2.93. The molecule has 0 aromatic carbocycles. The molecule has 13 heavy (non-hydrogen) atoms. The van der Waals surface area contributed by atoms with E-state index in [1.54, 1.807) is 0 Å². The minimum Gasteiger partial charge on any atom is -0.301 e. The van der Waals surface area contributed by atoms with Crippen molar-refractivity contribution in [2.45, 2.75) is 47.1 Å². The molecule has 0 aliphatic heterocycles. The molecule has 0 rings (SSSR count). The molecule has 0 heterocycles. The molecule has 2 heteroatoms. The van der Waals surface area contributed by atoms with E-state index in [1.807, 2.05) is 6.92 Å². The van der Waals surface area contributed by atoms with Crippen LogP contribution in [0.15, 0.2) is 0 Å². The van der Waals surface area contributed by atoms with Crippen molar-refractivity contribution in [3.8, 4) is 6.07 Å². The lowest BCUT2D eigenvalue weighted by atomic mass is 9.81. The van der Waals surface area contributed by atoms with Crippen LogP contribution >= 0.6 is 0 Å². The van der Waals surface area contributed by atoms with Crippen molar-refractivity contribution in [3.63, 3.8) is 0 Å². The Kier molecular flexibility index (Phi) is 5.02. The fraction of sp³-hybridized carbons (Fsp3) is 0.909. The topological polar surface area (TPSA) is 35.8 Å². The van der Waals surface area contributed by atoms with E-state index in [-0.39, 0.29) is 11.5 Å². The summed E-state index contributed by atoms with van der Waals surface area (Å²) in [6, 6.07) is 2.26. The molecule has 0 saturated carbocycles. The van der Waals surface area contributed by atoms with Crippen LogP contribution in [0.5, 0.6) is 0 Å². The molecule has 0 spiro atoms. The smallest absolute Gasteiger partial charge is 0.0950 e. The summed E-state index contributed by atoms with van der Waals surface area (Å²) in [5.74, 6) is 0.635. The largest absolute Gasteiger partial charge is 0.301 e. The number of nitrogens with zero attached hydrogens (tertiary/aromatic N) is 1. The Balaban J connectivity index is 3.94. The van der Waals surface area contributed by atoms with Crippen LogP contribution in [0.2, 0.25) is 0 Å². The predicted molar refractivity (Wildman–Crippen MR) is 56.3 cm³/mol. The van der Waals surface area contributed by atoms with Gasteiger partial charge in [-0.05, 0) is 17.8 Å². The molecule has 0 amide bonds. The van der Waals surface area contributed by atoms with E-state index >= 15 is 0 Å². The molecular formula is C11H22N2. The fourth-order valence-corrected chi connectivity index (χ4v) is 0.872. The van der Waals surface area contributed by atoms with Crippen molar-refractivity contribution >= 4 is 0 Å². The second-order valence-corrected chi connectivity index (χ2v) is 4.61. The molecule has 0 aliphatic carbocycles. The first kappa shape index (κ1) is 12.4. The third kappa shape index (κ3) is 4.28. The van der Waals surface area contributed by atoms with E-state index < -0.39 is 0 Å². The summed E-state index contributed by atoms with van der Waals surface area (Å²) in [4.78, 5) is 0. The summed E-state index contributed by atoms with van der Waals surface area (Å²) < 4.78 is 0. The highest BCUT2D eigenvalue weighted by molar-refractivity contribution is 4.90. The Bertz CT molecular complexity index is 177. The van der Waals surface area contributed by atoms with Crippen LogP contribution < -0.4 is 5.32 Å². The number of hydrogen-bond donors (Lipinski definition) is 1. The van der Waals surface area contributed by atoms with E-state index in [4.69, 9.17) is 5.26 Å². The monoisotopic (exact) mass is 182 g/mol. The highest BCUT2D eigenvalue weighted by atomic mass is 14.9. The zero-order valence-electron chi connectivity index (χ0n) is 9.52.